The molecule has 1 aliphatic rings. The van der Waals surface area contributed by atoms with Gasteiger partial charge in [-0.05, 0) is 25.2 Å². The summed E-state index contributed by atoms with van der Waals surface area (Å²) in [5.41, 5.74) is 0. The number of rotatable bonds is 7. The molecule has 2 atom stereocenters. The number of hydrogen-bond acceptors (Lipinski definition) is 3. The summed E-state index contributed by atoms with van der Waals surface area (Å²) < 4.78 is 11.2. The van der Waals surface area contributed by atoms with Gasteiger partial charge in [-0.2, -0.15) is 0 Å². The van der Waals surface area contributed by atoms with E-state index in [-0.39, 0.29) is 0 Å². The van der Waals surface area contributed by atoms with Gasteiger partial charge in [-0.25, -0.2) is 0 Å². The van der Waals surface area contributed by atoms with E-state index in [1.807, 2.05) is 0 Å². The van der Waals surface area contributed by atoms with Crippen molar-refractivity contribution < 1.29 is 9.47 Å². The number of nitrogens with one attached hydrogen (secondary N) is 1. The summed E-state index contributed by atoms with van der Waals surface area (Å²) in [4.78, 5) is 0. The smallest absolute Gasteiger partial charge is 0.0591 e. The van der Waals surface area contributed by atoms with E-state index < -0.39 is 0 Å². The molecule has 3 heteroatoms. The van der Waals surface area contributed by atoms with Crippen molar-refractivity contribution in [1.29, 1.82) is 0 Å². The first kappa shape index (κ1) is 13.9. The van der Waals surface area contributed by atoms with Crippen LogP contribution in [0.4, 0.5) is 0 Å². The van der Waals surface area contributed by atoms with Gasteiger partial charge in [-0.3, -0.25) is 0 Å². The van der Waals surface area contributed by atoms with Gasteiger partial charge in [0.05, 0.1) is 12.7 Å². The van der Waals surface area contributed by atoms with Crippen molar-refractivity contribution in [3.8, 4) is 0 Å². The van der Waals surface area contributed by atoms with E-state index in [4.69, 9.17) is 9.47 Å². The summed E-state index contributed by atoms with van der Waals surface area (Å²) in [6.07, 6.45) is 3.88. The van der Waals surface area contributed by atoms with Crippen LogP contribution in [0.1, 0.15) is 40.0 Å². The fourth-order valence-electron chi connectivity index (χ4n) is 2.00. The lowest BCUT2D eigenvalue weighted by Gasteiger charge is -2.29. The standard InChI is InChI=1S/C13H27NO2/c1-4-13-9-12(5-7-16-13)14-6-8-15-10-11(2)3/h11-14H,4-10H2,1-3H3. The Balaban J connectivity index is 1.99. The van der Waals surface area contributed by atoms with Crippen molar-refractivity contribution in [2.45, 2.75) is 52.2 Å². The average Bonchev–Trinajstić information content (AvgIpc) is 2.28. The number of ether oxygens (including phenoxy) is 2. The Morgan fingerprint density at radius 1 is 1.44 bits per heavy atom. The summed E-state index contributed by atoms with van der Waals surface area (Å²) in [7, 11) is 0. The van der Waals surface area contributed by atoms with Gasteiger partial charge in [0.15, 0.2) is 0 Å². The van der Waals surface area contributed by atoms with Crippen molar-refractivity contribution in [2.24, 2.45) is 5.92 Å². The summed E-state index contributed by atoms with van der Waals surface area (Å²) in [6, 6.07) is 0.626. The maximum Gasteiger partial charge on any atom is 0.0591 e. The van der Waals surface area contributed by atoms with Crippen LogP contribution in [0, 0.1) is 5.92 Å². The van der Waals surface area contributed by atoms with Crippen molar-refractivity contribution in [2.75, 3.05) is 26.4 Å². The molecule has 1 heterocycles. The molecule has 1 saturated heterocycles. The van der Waals surface area contributed by atoms with Crippen LogP contribution in [0.5, 0.6) is 0 Å². The van der Waals surface area contributed by atoms with Gasteiger partial charge in [-0.15, -0.1) is 0 Å². The maximum absolute atomic E-state index is 5.65. The predicted molar refractivity (Wildman–Crippen MR) is 66.7 cm³/mol. The minimum absolute atomic E-state index is 0.461. The second-order valence-corrected chi connectivity index (χ2v) is 5.05. The summed E-state index contributed by atoms with van der Waals surface area (Å²) >= 11 is 0. The Hall–Kier alpha value is -0.120. The van der Waals surface area contributed by atoms with Gasteiger partial charge < -0.3 is 14.8 Å². The lowest BCUT2D eigenvalue weighted by molar-refractivity contribution is -0.00157. The maximum atomic E-state index is 5.65. The Kier molecular flexibility index (Phi) is 7.01. The molecule has 16 heavy (non-hydrogen) atoms. The summed E-state index contributed by atoms with van der Waals surface area (Å²) in [6.45, 7) is 10.1. The first-order chi connectivity index (χ1) is 7.72. The molecule has 0 radical (unpaired) electrons. The second-order valence-electron chi connectivity index (χ2n) is 5.05. The third kappa shape index (κ3) is 5.83. The topological polar surface area (TPSA) is 30.5 Å². The molecule has 0 bridgehead atoms. The summed E-state index contributed by atoms with van der Waals surface area (Å²) in [5, 5.41) is 3.55. The monoisotopic (exact) mass is 229 g/mol. The van der Waals surface area contributed by atoms with Gasteiger partial charge in [0.2, 0.25) is 0 Å². The van der Waals surface area contributed by atoms with Crippen molar-refractivity contribution in [3.63, 3.8) is 0 Å². The molecule has 0 saturated carbocycles. The zero-order valence-corrected chi connectivity index (χ0v) is 11.0. The zero-order valence-electron chi connectivity index (χ0n) is 11.0. The van der Waals surface area contributed by atoms with Gasteiger partial charge in [0.25, 0.3) is 0 Å². The molecule has 2 unspecified atom stereocenters. The lowest BCUT2D eigenvalue weighted by Crippen LogP contribution is -2.40. The first-order valence-corrected chi connectivity index (χ1v) is 6.65. The van der Waals surface area contributed by atoms with Gasteiger partial charge >= 0.3 is 0 Å². The largest absolute Gasteiger partial charge is 0.380 e. The van der Waals surface area contributed by atoms with Crippen molar-refractivity contribution in [3.05, 3.63) is 0 Å². The van der Waals surface area contributed by atoms with Crippen LogP contribution in [0.3, 0.4) is 0 Å². The zero-order chi connectivity index (χ0) is 11.8. The normalized spacial score (nSPS) is 26.2. The van der Waals surface area contributed by atoms with Gasteiger partial charge in [0, 0.05) is 25.8 Å². The highest BCUT2D eigenvalue weighted by Gasteiger charge is 2.20. The molecule has 0 aromatic carbocycles. The minimum Gasteiger partial charge on any atom is -0.380 e. The van der Waals surface area contributed by atoms with Gasteiger partial charge in [-0.1, -0.05) is 20.8 Å². The second kappa shape index (κ2) is 8.04. The van der Waals surface area contributed by atoms with E-state index in [0.29, 0.717) is 18.1 Å². The Bertz CT molecular complexity index is 173. The molecule has 3 nitrogen and oxygen atoms in total. The van der Waals surface area contributed by atoms with Crippen molar-refractivity contribution in [1.82, 2.24) is 5.32 Å². The first-order valence-electron chi connectivity index (χ1n) is 6.65. The fourth-order valence-corrected chi connectivity index (χ4v) is 2.00. The molecule has 0 aromatic rings. The van der Waals surface area contributed by atoms with Crippen LogP contribution in [-0.2, 0) is 9.47 Å². The SMILES string of the molecule is CCC1CC(NCCOCC(C)C)CCO1. The fraction of sp³-hybridized carbons (Fsp3) is 1.00. The molecule has 0 aliphatic carbocycles. The van der Waals surface area contributed by atoms with Crippen molar-refractivity contribution >= 4 is 0 Å². The molecule has 1 N–H and O–H groups in total. The molecular formula is C13H27NO2. The Morgan fingerprint density at radius 2 is 2.25 bits per heavy atom. The van der Waals surface area contributed by atoms with E-state index in [2.05, 4.69) is 26.1 Å². The van der Waals surface area contributed by atoms with E-state index in [0.717, 1.165) is 45.6 Å². The molecular weight excluding hydrogens is 202 g/mol. The highest BCUT2D eigenvalue weighted by Crippen LogP contribution is 2.15. The molecule has 0 spiro atoms. The Labute approximate surface area is 99.9 Å². The van der Waals surface area contributed by atoms with Gasteiger partial charge in [0.1, 0.15) is 0 Å². The highest BCUT2D eigenvalue weighted by atomic mass is 16.5. The molecule has 0 aromatic heterocycles. The molecule has 0 amide bonds. The minimum atomic E-state index is 0.461. The third-order valence-corrected chi connectivity index (χ3v) is 2.95. The quantitative estimate of drug-likeness (QED) is 0.679. The number of hydrogen-bond donors (Lipinski definition) is 1. The molecule has 96 valence electrons. The third-order valence-electron chi connectivity index (χ3n) is 2.95. The molecule has 1 aliphatic heterocycles. The van der Waals surface area contributed by atoms with Crippen LogP contribution >= 0.6 is 0 Å². The van der Waals surface area contributed by atoms with Crippen LogP contribution in [0.2, 0.25) is 0 Å². The lowest BCUT2D eigenvalue weighted by atomic mass is 10.0. The van der Waals surface area contributed by atoms with E-state index >= 15 is 0 Å². The summed E-state index contributed by atoms with van der Waals surface area (Å²) in [5.74, 6) is 0.632. The molecule has 1 fully saturated rings. The average molecular weight is 229 g/mol. The molecule has 1 rings (SSSR count). The van der Waals surface area contributed by atoms with E-state index in [1.165, 1.54) is 0 Å². The van der Waals surface area contributed by atoms with Crippen LogP contribution in [0.15, 0.2) is 0 Å². The highest BCUT2D eigenvalue weighted by molar-refractivity contribution is 4.75. The van der Waals surface area contributed by atoms with E-state index in [9.17, 15) is 0 Å². The van der Waals surface area contributed by atoms with E-state index in [1.54, 1.807) is 0 Å². The predicted octanol–water partition coefficient (Wildman–Crippen LogP) is 2.21. The van der Waals surface area contributed by atoms with Crippen LogP contribution in [0.25, 0.3) is 0 Å². The van der Waals surface area contributed by atoms with Crippen LogP contribution in [-0.4, -0.2) is 38.5 Å². The van der Waals surface area contributed by atoms with Crippen LogP contribution < -0.4 is 5.32 Å². The Morgan fingerprint density at radius 3 is 2.94 bits per heavy atom.